The number of fused-ring (bicyclic) bond motifs is 2. The van der Waals surface area contributed by atoms with Crippen molar-refractivity contribution in [3.8, 4) is 11.5 Å². The van der Waals surface area contributed by atoms with Gasteiger partial charge >= 0.3 is 13.2 Å². The van der Waals surface area contributed by atoms with Crippen LogP contribution in [0.25, 0.3) is 0 Å². The molecule has 0 atom stereocenters. The lowest BCUT2D eigenvalue weighted by Gasteiger charge is -2.32. The van der Waals surface area contributed by atoms with Gasteiger partial charge in [0.1, 0.15) is 17.1 Å². The van der Waals surface area contributed by atoms with E-state index in [9.17, 15) is 4.79 Å². The molecule has 1 saturated heterocycles. The van der Waals surface area contributed by atoms with Gasteiger partial charge in [-0.2, -0.15) is 0 Å². The molecule has 6 nitrogen and oxygen atoms in total. The van der Waals surface area contributed by atoms with Crippen LogP contribution in [0.15, 0.2) is 30.3 Å². The molecule has 0 unspecified atom stereocenters. The number of amides is 1. The van der Waals surface area contributed by atoms with Crippen molar-refractivity contribution in [1.29, 1.82) is 0 Å². The Kier molecular flexibility index (Phi) is 5.34. The maximum absolute atomic E-state index is 12.1. The van der Waals surface area contributed by atoms with Crippen LogP contribution in [-0.2, 0) is 20.5 Å². The van der Waals surface area contributed by atoms with E-state index in [2.05, 4.69) is 24.4 Å². The van der Waals surface area contributed by atoms with Crippen molar-refractivity contribution < 1.29 is 23.6 Å². The SMILES string of the molecule is Cc1cc2c(c(B3OC(C)(C)C(C)(C)O3)c1)Oc1ccc(NC(=O)OC(C)(C)C)cc1C2. The fraction of sp³-hybridized carbons (Fsp3) is 0.480. The Morgan fingerprint density at radius 1 is 1.03 bits per heavy atom. The molecule has 170 valence electrons. The molecule has 1 amide bonds. The summed E-state index contributed by atoms with van der Waals surface area (Å²) in [4.78, 5) is 12.1. The normalized spacial score (nSPS) is 18.4. The van der Waals surface area contributed by atoms with Crippen LogP contribution in [0.4, 0.5) is 10.5 Å². The van der Waals surface area contributed by atoms with Crippen LogP contribution < -0.4 is 15.5 Å². The van der Waals surface area contributed by atoms with Crippen molar-refractivity contribution >= 4 is 24.4 Å². The van der Waals surface area contributed by atoms with Gasteiger partial charge in [0.15, 0.2) is 0 Å². The number of nitrogens with one attached hydrogen (secondary N) is 1. The van der Waals surface area contributed by atoms with Gasteiger partial charge in [-0.05, 0) is 79.2 Å². The van der Waals surface area contributed by atoms with E-state index in [0.717, 1.165) is 33.7 Å². The van der Waals surface area contributed by atoms with Crippen LogP contribution in [0.5, 0.6) is 11.5 Å². The largest absolute Gasteiger partial charge is 0.498 e. The van der Waals surface area contributed by atoms with Crippen molar-refractivity contribution in [2.75, 3.05) is 5.32 Å². The highest BCUT2D eigenvalue weighted by atomic mass is 16.7. The number of aryl methyl sites for hydroxylation is 1. The summed E-state index contributed by atoms with van der Waals surface area (Å²) >= 11 is 0. The second-order valence-corrected chi connectivity index (χ2v) is 10.7. The minimum Gasteiger partial charge on any atom is -0.457 e. The van der Waals surface area contributed by atoms with E-state index in [1.165, 1.54) is 0 Å². The molecule has 32 heavy (non-hydrogen) atoms. The highest BCUT2D eigenvalue weighted by molar-refractivity contribution is 6.63. The average Bonchev–Trinajstić information content (AvgIpc) is 2.85. The van der Waals surface area contributed by atoms with Gasteiger partial charge in [-0.1, -0.05) is 17.7 Å². The second-order valence-electron chi connectivity index (χ2n) is 10.7. The third-order valence-electron chi connectivity index (χ3n) is 6.14. The Labute approximate surface area is 190 Å². The summed E-state index contributed by atoms with van der Waals surface area (Å²) in [6.07, 6.45) is 0.205. The van der Waals surface area contributed by atoms with Crippen molar-refractivity contribution in [3.05, 3.63) is 47.0 Å². The summed E-state index contributed by atoms with van der Waals surface area (Å²) in [5.41, 5.74) is 3.34. The molecule has 2 aliphatic rings. The third kappa shape index (κ3) is 4.37. The number of carbonyl (C=O) groups is 1. The maximum Gasteiger partial charge on any atom is 0.498 e. The standard InChI is InChI=1S/C25H32BNO5/c1-15-11-17-13-16-14-18(27-22(28)30-23(2,3)4)9-10-20(16)29-21(17)19(12-15)26-31-24(5,6)25(7,8)32-26/h9-12,14H,13H2,1-8H3,(H,27,28). The molecule has 0 saturated carbocycles. The van der Waals surface area contributed by atoms with Crippen LogP contribution >= 0.6 is 0 Å². The van der Waals surface area contributed by atoms with E-state index >= 15 is 0 Å². The summed E-state index contributed by atoms with van der Waals surface area (Å²) in [6.45, 7) is 15.8. The van der Waals surface area contributed by atoms with Crippen molar-refractivity contribution in [2.24, 2.45) is 0 Å². The Balaban J connectivity index is 1.61. The minimum absolute atomic E-state index is 0.427. The molecular weight excluding hydrogens is 405 g/mol. The summed E-state index contributed by atoms with van der Waals surface area (Å²) in [5.74, 6) is 1.54. The zero-order chi connectivity index (χ0) is 23.5. The molecule has 2 aliphatic heterocycles. The Morgan fingerprint density at radius 3 is 2.31 bits per heavy atom. The van der Waals surface area contributed by atoms with Crippen LogP contribution in [0.3, 0.4) is 0 Å². The van der Waals surface area contributed by atoms with Gasteiger partial charge in [-0.3, -0.25) is 5.32 Å². The molecule has 0 radical (unpaired) electrons. The first-order chi connectivity index (χ1) is 14.7. The molecular formula is C25H32BNO5. The van der Waals surface area contributed by atoms with Gasteiger partial charge in [0.2, 0.25) is 0 Å². The van der Waals surface area contributed by atoms with Crippen LogP contribution in [-0.4, -0.2) is 30.0 Å². The summed E-state index contributed by atoms with van der Waals surface area (Å²) < 4.78 is 24.3. The zero-order valence-corrected chi connectivity index (χ0v) is 20.2. The number of rotatable bonds is 2. The number of benzene rings is 2. The topological polar surface area (TPSA) is 66.0 Å². The molecule has 4 rings (SSSR count). The lowest BCUT2D eigenvalue weighted by atomic mass is 9.75. The minimum atomic E-state index is -0.554. The maximum atomic E-state index is 12.1. The number of anilines is 1. The molecule has 0 aromatic heterocycles. The van der Waals surface area contributed by atoms with Gasteiger partial charge < -0.3 is 18.8 Å². The number of hydrogen-bond acceptors (Lipinski definition) is 5. The van der Waals surface area contributed by atoms with Crippen LogP contribution in [0.1, 0.15) is 65.2 Å². The van der Waals surface area contributed by atoms with E-state index in [0.29, 0.717) is 12.1 Å². The molecule has 0 spiro atoms. The summed E-state index contributed by atoms with van der Waals surface area (Å²) in [7, 11) is -0.497. The van der Waals surface area contributed by atoms with E-state index in [-0.39, 0.29) is 0 Å². The molecule has 2 aromatic rings. The van der Waals surface area contributed by atoms with E-state index in [4.69, 9.17) is 18.8 Å². The molecule has 2 aromatic carbocycles. The van der Waals surface area contributed by atoms with Crippen molar-refractivity contribution in [2.45, 2.75) is 78.6 Å². The van der Waals surface area contributed by atoms with Gasteiger partial charge in [-0.25, -0.2) is 4.79 Å². The van der Waals surface area contributed by atoms with Gasteiger partial charge in [0.05, 0.1) is 11.2 Å². The predicted octanol–water partition coefficient (Wildman–Crippen LogP) is 5.34. The quantitative estimate of drug-likeness (QED) is 0.549. The lowest BCUT2D eigenvalue weighted by Crippen LogP contribution is -2.41. The fourth-order valence-electron chi connectivity index (χ4n) is 3.91. The monoisotopic (exact) mass is 437 g/mol. The Bertz CT molecular complexity index is 1050. The first kappa shape index (κ1) is 22.7. The first-order valence-corrected chi connectivity index (χ1v) is 11.0. The second kappa shape index (κ2) is 7.53. The van der Waals surface area contributed by atoms with Crippen molar-refractivity contribution in [3.63, 3.8) is 0 Å². The highest BCUT2D eigenvalue weighted by Crippen LogP contribution is 2.41. The van der Waals surface area contributed by atoms with E-state index in [1.807, 2.05) is 66.7 Å². The Morgan fingerprint density at radius 2 is 1.69 bits per heavy atom. The van der Waals surface area contributed by atoms with E-state index < -0.39 is 30.0 Å². The average molecular weight is 437 g/mol. The third-order valence-corrected chi connectivity index (χ3v) is 6.14. The van der Waals surface area contributed by atoms with Crippen LogP contribution in [0.2, 0.25) is 0 Å². The number of carbonyl (C=O) groups excluding carboxylic acids is 1. The molecule has 0 aliphatic carbocycles. The molecule has 1 N–H and O–H groups in total. The molecule has 7 heteroatoms. The number of ether oxygens (including phenoxy) is 2. The number of hydrogen-bond donors (Lipinski definition) is 1. The van der Waals surface area contributed by atoms with Gasteiger partial charge in [-0.15, -0.1) is 0 Å². The molecule has 0 bridgehead atoms. The van der Waals surface area contributed by atoms with Gasteiger partial charge in [0.25, 0.3) is 0 Å². The van der Waals surface area contributed by atoms with Gasteiger partial charge in [0, 0.05) is 23.1 Å². The lowest BCUT2D eigenvalue weighted by molar-refractivity contribution is 0.00578. The zero-order valence-electron chi connectivity index (χ0n) is 20.2. The summed E-state index contributed by atoms with van der Waals surface area (Å²) in [5, 5.41) is 2.80. The molecule has 1 fully saturated rings. The Hall–Kier alpha value is -2.51. The predicted molar refractivity (Wildman–Crippen MR) is 126 cm³/mol. The first-order valence-electron chi connectivity index (χ1n) is 11.0. The van der Waals surface area contributed by atoms with Crippen LogP contribution in [0, 0.1) is 6.92 Å². The smallest absolute Gasteiger partial charge is 0.457 e. The fourth-order valence-corrected chi connectivity index (χ4v) is 3.91. The summed E-state index contributed by atoms with van der Waals surface area (Å²) in [6, 6.07) is 9.82. The van der Waals surface area contributed by atoms with Crippen molar-refractivity contribution in [1.82, 2.24) is 0 Å². The molecule has 2 heterocycles. The van der Waals surface area contributed by atoms with E-state index in [1.54, 1.807) is 0 Å². The highest BCUT2D eigenvalue weighted by Gasteiger charge is 2.52.